The van der Waals surface area contributed by atoms with Gasteiger partial charge in [0.1, 0.15) is 0 Å². The van der Waals surface area contributed by atoms with Crippen LogP contribution in [0.5, 0.6) is 0 Å². The van der Waals surface area contributed by atoms with Gasteiger partial charge in [0, 0.05) is 18.0 Å². The lowest BCUT2D eigenvalue weighted by Gasteiger charge is -1.98. The van der Waals surface area contributed by atoms with Crippen LogP contribution in [0, 0.1) is 21.4 Å². The molecule has 2 N–H and O–H groups in total. The van der Waals surface area contributed by atoms with Crippen LogP contribution in [-0.4, -0.2) is 11.1 Å². The van der Waals surface area contributed by atoms with Crippen LogP contribution in [0.4, 0.5) is 17.1 Å². The van der Waals surface area contributed by atoms with Gasteiger partial charge in [-0.1, -0.05) is 0 Å². The van der Waals surface area contributed by atoms with Crippen molar-refractivity contribution >= 4 is 23.3 Å². The minimum atomic E-state index is -0.537. The Bertz CT molecular complexity index is 715. The van der Waals surface area contributed by atoms with Crippen molar-refractivity contribution in [2.75, 3.05) is 5.73 Å². The predicted molar refractivity (Wildman–Crippen MR) is 75.9 cm³/mol. The molecule has 0 aliphatic carbocycles. The summed E-state index contributed by atoms with van der Waals surface area (Å²) >= 11 is 0. The highest BCUT2D eigenvalue weighted by atomic mass is 16.6. The monoisotopic (exact) mass is 266 g/mol. The number of benzene rings is 2. The largest absolute Gasteiger partial charge is 0.399 e. The molecule has 2 aromatic carbocycles. The van der Waals surface area contributed by atoms with E-state index < -0.39 is 4.92 Å². The molecule has 0 amide bonds. The maximum absolute atomic E-state index is 11.0. The zero-order valence-corrected chi connectivity index (χ0v) is 10.4. The number of nitrogens with zero attached hydrogens (tertiary/aromatic N) is 3. The molecular weight excluding hydrogens is 256 g/mol. The molecule has 0 saturated heterocycles. The zero-order valence-electron chi connectivity index (χ0n) is 10.4. The fourth-order valence-electron chi connectivity index (χ4n) is 1.58. The van der Waals surface area contributed by atoms with Crippen LogP contribution in [0.1, 0.15) is 11.1 Å². The predicted octanol–water partition coefficient (Wildman–Crippen LogP) is 2.80. The van der Waals surface area contributed by atoms with E-state index in [1.165, 1.54) is 24.4 Å². The van der Waals surface area contributed by atoms with E-state index in [9.17, 15) is 10.1 Å². The standard InChI is InChI=1S/C14H10N4O2/c15-8-10-1-2-11(14(7-10)18(19)20)9-17-13-5-3-12(16)4-6-13/h1-7,9H,16H2. The lowest BCUT2D eigenvalue weighted by molar-refractivity contribution is -0.385. The Balaban J connectivity index is 2.36. The van der Waals surface area contributed by atoms with E-state index in [2.05, 4.69) is 4.99 Å². The molecule has 0 fully saturated rings. The molecular formula is C14H10N4O2. The molecule has 98 valence electrons. The summed E-state index contributed by atoms with van der Waals surface area (Å²) in [5, 5.41) is 19.7. The first kappa shape index (κ1) is 13.2. The highest BCUT2D eigenvalue weighted by Gasteiger charge is 2.12. The number of nitro groups is 1. The van der Waals surface area contributed by atoms with Crippen LogP contribution < -0.4 is 5.73 Å². The van der Waals surface area contributed by atoms with Crippen molar-refractivity contribution in [1.82, 2.24) is 0 Å². The molecule has 0 unspecified atom stereocenters. The average molecular weight is 266 g/mol. The fourth-order valence-corrected chi connectivity index (χ4v) is 1.58. The highest BCUT2D eigenvalue weighted by Crippen LogP contribution is 2.20. The Hall–Kier alpha value is -3.20. The normalized spacial score (nSPS) is 10.3. The van der Waals surface area contributed by atoms with Gasteiger partial charge in [-0.05, 0) is 36.4 Å². The van der Waals surface area contributed by atoms with Gasteiger partial charge >= 0.3 is 0 Å². The Morgan fingerprint density at radius 1 is 1.25 bits per heavy atom. The smallest absolute Gasteiger partial charge is 0.279 e. The van der Waals surface area contributed by atoms with Gasteiger partial charge in [0.05, 0.1) is 27.8 Å². The molecule has 0 aliphatic rings. The first-order valence-electron chi connectivity index (χ1n) is 5.68. The number of aliphatic imine (C=N–C) groups is 1. The molecule has 0 heterocycles. The van der Waals surface area contributed by atoms with Gasteiger partial charge in [0.2, 0.25) is 0 Å². The molecule has 2 aromatic rings. The molecule has 2 rings (SSSR count). The van der Waals surface area contributed by atoms with Gasteiger partial charge in [-0.15, -0.1) is 0 Å². The van der Waals surface area contributed by atoms with Gasteiger partial charge < -0.3 is 5.73 Å². The van der Waals surface area contributed by atoms with Crippen molar-refractivity contribution in [3.05, 3.63) is 63.7 Å². The second-order valence-electron chi connectivity index (χ2n) is 3.99. The lowest BCUT2D eigenvalue weighted by atomic mass is 10.1. The number of hydrogen-bond donors (Lipinski definition) is 1. The number of hydrogen-bond acceptors (Lipinski definition) is 5. The molecule has 0 saturated carbocycles. The quantitative estimate of drug-likeness (QED) is 0.399. The van der Waals surface area contributed by atoms with Crippen molar-refractivity contribution in [2.24, 2.45) is 4.99 Å². The Kier molecular flexibility index (Phi) is 3.72. The molecule has 0 aliphatic heterocycles. The number of nitro benzene ring substituents is 1. The highest BCUT2D eigenvalue weighted by molar-refractivity contribution is 5.87. The summed E-state index contributed by atoms with van der Waals surface area (Å²) in [6.45, 7) is 0. The zero-order chi connectivity index (χ0) is 14.5. The molecule has 0 aromatic heterocycles. The van der Waals surface area contributed by atoms with Crippen molar-refractivity contribution in [3.8, 4) is 6.07 Å². The second kappa shape index (κ2) is 5.63. The van der Waals surface area contributed by atoms with Crippen LogP contribution in [0.2, 0.25) is 0 Å². The maximum Gasteiger partial charge on any atom is 0.279 e. The summed E-state index contributed by atoms with van der Waals surface area (Å²) in [5.74, 6) is 0. The Morgan fingerprint density at radius 3 is 2.55 bits per heavy atom. The van der Waals surface area contributed by atoms with Crippen LogP contribution in [-0.2, 0) is 0 Å². The van der Waals surface area contributed by atoms with E-state index in [1.54, 1.807) is 24.3 Å². The molecule has 6 heteroatoms. The molecule has 0 spiro atoms. The summed E-state index contributed by atoms with van der Waals surface area (Å²) in [4.78, 5) is 14.6. The Morgan fingerprint density at radius 2 is 1.95 bits per heavy atom. The topological polar surface area (TPSA) is 105 Å². The summed E-state index contributed by atoms with van der Waals surface area (Å²) < 4.78 is 0. The summed E-state index contributed by atoms with van der Waals surface area (Å²) in [6, 6.07) is 12.9. The first-order chi connectivity index (χ1) is 9.60. The minimum Gasteiger partial charge on any atom is -0.399 e. The van der Waals surface area contributed by atoms with Crippen LogP contribution in [0.25, 0.3) is 0 Å². The molecule has 6 nitrogen and oxygen atoms in total. The number of rotatable bonds is 3. The summed E-state index contributed by atoms with van der Waals surface area (Å²) in [5.41, 5.74) is 7.24. The van der Waals surface area contributed by atoms with E-state index in [0.29, 0.717) is 16.9 Å². The lowest BCUT2D eigenvalue weighted by Crippen LogP contribution is -1.95. The second-order valence-corrected chi connectivity index (χ2v) is 3.99. The molecule has 0 atom stereocenters. The van der Waals surface area contributed by atoms with Crippen LogP contribution in [0.3, 0.4) is 0 Å². The fraction of sp³-hybridized carbons (Fsp3) is 0. The molecule has 0 bridgehead atoms. The third-order valence-electron chi connectivity index (χ3n) is 2.60. The van der Waals surface area contributed by atoms with Crippen LogP contribution in [0.15, 0.2) is 47.5 Å². The van der Waals surface area contributed by atoms with Gasteiger partial charge in [-0.25, -0.2) is 0 Å². The first-order valence-corrected chi connectivity index (χ1v) is 5.68. The van der Waals surface area contributed by atoms with Gasteiger partial charge in [0.15, 0.2) is 0 Å². The van der Waals surface area contributed by atoms with Crippen molar-refractivity contribution in [1.29, 1.82) is 5.26 Å². The summed E-state index contributed by atoms with van der Waals surface area (Å²) in [6.07, 6.45) is 1.39. The van der Waals surface area contributed by atoms with Gasteiger partial charge in [-0.2, -0.15) is 5.26 Å². The van der Waals surface area contributed by atoms with E-state index in [-0.39, 0.29) is 11.3 Å². The average Bonchev–Trinajstić information content (AvgIpc) is 2.46. The van der Waals surface area contributed by atoms with E-state index in [4.69, 9.17) is 11.0 Å². The van der Waals surface area contributed by atoms with Gasteiger partial charge in [0.25, 0.3) is 5.69 Å². The third-order valence-corrected chi connectivity index (χ3v) is 2.60. The molecule has 20 heavy (non-hydrogen) atoms. The minimum absolute atomic E-state index is 0.150. The number of nitrogens with two attached hydrogens (primary N) is 1. The maximum atomic E-state index is 11.0. The van der Waals surface area contributed by atoms with Gasteiger partial charge in [-0.3, -0.25) is 15.1 Å². The number of nitrogen functional groups attached to an aromatic ring is 1. The van der Waals surface area contributed by atoms with Crippen molar-refractivity contribution in [3.63, 3.8) is 0 Å². The third kappa shape index (κ3) is 2.97. The van der Waals surface area contributed by atoms with Crippen molar-refractivity contribution < 1.29 is 4.92 Å². The number of nitriles is 1. The SMILES string of the molecule is N#Cc1ccc(C=Nc2ccc(N)cc2)c([N+](=O)[O-])c1. The Labute approximate surface area is 114 Å². The van der Waals surface area contributed by atoms with E-state index in [1.807, 2.05) is 6.07 Å². The summed E-state index contributed by atoms with van der Waals surface area (Å²) in [7, 11) is 0. The molecule has 0 radical (unpaired) electrons. The van der Waals surface area contributed by atoms with Crippen LogP contribution >= 0.6 is 0 Å². The van der Waals surface area contributed by atoms with E-state index >= 15 is 0 Å². The number of anilines is 1. The van der Waals surface area contributed by atoms with Crippen molar-refractivity contribution in [2.45, 2.75) is 0 Å². The van der Waals surface area contributed by atoms with E-state index in [0.717, 1.165) is 0 Å².